The predicted octanol–water partition coefficient (Wildman–Crippen LogP) is 4.35. The molecule has 0 aliphatic rings. The zero-order valence-corrected chi connectivity index (χ0v) is 12.0. The van der Waals surface area contributed by atoms with E-state index in [9.17, 15) is 9.18 Å². The van der Waals surface area contributed by atoms with Gasteiger partial charge in [-0.25, -0.2) is 4.39 Å². The van der Waals surface area contributed by atoms with Crippen molar-refractivity contribution in [1.82, 2.24) is 0 Å². The second-order valence-corrected chi connectivity index (χ2v) is 4.76. The molecule has 0 aliphatic heterocycles. The molecule has 0 N–H and O–H groups in total. The van der Waals surface area contributed by atoms with Gasteiger partial charge < -0.3 is 9.15 Å². The lowest BCUT2D eigenvalue weighted by molar-refractivity contribution is -0.0265. The fraction of sp³-hybridized carbons (Fsp3) is 0.438. The van der Waals surface area contributed by atoms with E-state index in [1.54, 1.807) is 6.07 Å². The number of benzene rings is 1. The van der Waals surface area contributed by atoms with Gasteiger partial charge in [-0.05, 0) is 44.0 Å². The first-order valence-corrected chi connectivity index (χ1v) is 6.94. The zero-order valence-electron chi connectivity index (χ0n) is 12.0. The standard InChI is InChI=1S/C16H19FO3/c1-4-16(5-2,19-6-3)15(18)14-10-11-9-12(17)7-8-13(11)20-14/h7-10H,4-6H2,1-3H3. The Balaban J connectivity index is 2.43. The molecule has 108 valence electrons. The summed E-state index contributed by atoms with van der Waals surface area (Å²) >= 11 is 0. The Kier molecular flexibility index (Phi) is 4.23. The molecule has 3 nitrogen and oxygen atoms in total. The lowest BCUT2D eigenvalue weighted by Crippen LogP contribution is -2.40. The number of hydrogen-bond acceptors (Lipinski definition) is 3. The minimum atomic E-state index is -0.860. The highest BCUT2D eigenvalue weighted by atomic mass is 19.1. The number of rotatable bonds is 6. The average molecular weight is 278 g/mol. The minimum Gasteiger partial charge on any atom is -0.453 e. The number of Topliss-reactive ketones (excluding diaryl/α,β-unsaturated/α-hetero) is 1. The Bertz CT molecular complexity index is 611. The van der Waals surface area contributed by atoms with E-state index < -0.39 is 5.60 Å². The molecule has 0 radical (unpaired) electrons. The number of hydrogen-bond donors (Lipinski definition) is 0. The van der Waals surface area contributed by atoms with Crippen molar-refractivity contribution in [2.24, 2.45) is 0 Å². The summed E-state index contributed by atoms with van der Waals surface area (Å²) in [7, 11) is 0. The highest BCUT2D eigenvalue weighted by molar-refractivity contribution is 6.03. The summed E-state index contributed by atoms with van der Waals surface area (Å²) in [4.78, 5) is 12.7. The van der Waals surface area contributed by atoms with E-state index in [0.717, 1.165) is 0 Å². The number of carbonyl (C=O) groups excluding carboxylic acids is 1. The normalized spacial score (nSPS) is 12.0. The van der Waals surface area contributed by atoms with Gasteiger partial charge in [0.05, 0.1) is 0 Å². The molecular formula is C16H19FO3. The van der Waals surface area contributed by atoms with Gasteiger partial charge in [0.25, 0.3) is 0 Å². The van der Waals surface area contributed by atoms with Crippen LogP contribution in [0.15, 0.2) is 28.7 Å². The van der Waals surface area contributed by atoms with E-state index in [-0.39, 0.29) is 17.4 Å². The maximum atomic E-state index is 13.2. The first kappa shape index (κ1) is 14.7. The molecule has 20 heavy (non-hydrogen) atoms. The van der Waals surface area contributed by atoms with Crippen LogP contribution in [0.3, 0.4) is 0 Å². The minimum absolute atomic E-state index is 0.180. The van der Waals surface area contributed by atoms with Gasteiger partial charge in [-0.3, -0.25) is 4.79 Å². The molecule has 0 bridgehead atoms. The lowest BCUT2D eigenvalue weighted by Gasteiger charge is -2.28. The number of furan rings is 1. The number of fused-ring (bicyclic) bond motifs is 1. The summed E-state index contributed by atoms with van der Waals surface area (Å²) in [6, 6.07) is 5.78. The number of halogens is 1. The monoisotopic (exact) mass is 278 g/mol. The van der Waals surface area contributed by atoms with Crippen molar-refractivity contribution in [2.75, 3.05) is 6.61 Å². The summed E-state index contributed by atoms with van der Waals surface area (Å²) in [5.41, 5.74) is -0.353. The maximum Gasteiger partial charge on any atom is 0.229 e. The molecule has 0 unspecified atom stereocenters. The Morgan fingerprint density at radius 3 is 2.55 bits per heavy atom. The third kappa shape index (κ3) is 2.48. The molecule has 0 spiro atoms. The summed E-state index contributed by atoms with van der Waals surface area (Å²) in [5.74, 6) is -0.303. The fourth-order valence-electron chi connectivity index (χ4n) is 2.47. The summed E-state index contributed by atoms with van der Waals surface area (Å²) in [6.45, 7) is 6.16. The molecule has 0 fully saturated rings. The van der Waals surface area contributed by atoms with Crippen molar-refractivity contribution < 1.29 is 18.3 Å². The number of ketones is 1. The Labute approximate surface area is 117 Å². The highest BCUT2D eigenvalue weighted by Gasteiger charge is 2.38. The molecule has 0 atom stereocenters. The molecule has 2 aromatic rings. The Morgan fingerprint density at radius 1 is 1.25 bits per heavy atom. The van der Waals surface area contributed by atoms with Crippen LogP contribution in [0.2, 0.25) is 0 Å². The largest absolute Gasteiger partial charge is 0.453 e. The molecule has 0 aliphatic carbocycles. The quantitative estimate of drug-likeness (QED) is 0.737. The van der Waals surface area contributed by atoms with Crippen LogP contribution in [-0.2, 0) is 4.74 Å². The second kappa shape index (κ2) is 5.75. The fourth-order valence-corrected chi connectivity index (χ4v) is 2.47. The van der Waals surface area contributed by atoms with Gasteiger partial charge in [0.2, 0.25) is 5.78 Å². The van der Waals surface area contributed by atoms with Crippen LogP contribution < -0.4 is 0 Å². The predicted molar refractivity (Wildman–Crippen MR) is 75.4 cm³/mol. The molecular weight excluding hydrogens is 259 g/mol. The van der Waals surface area contributed by atoms with Crippen LogP contribution in [0.5, 0.6) is 0 Å². The van der Waals surface area contributed by atoms with E-state index in [0.29, 0.717) is 30.4 Å². The number of ether oxygens (including phenoxy) is 1. The van der Waals surface area contributed by atoms with Crippen LogP contribution in [-0.4, -0.2) is 18.0 Å². The van der Waals surface area contributed by atoms with Gasteiger partial charge in [0, 0.05) is 12.0 Å². The molecule has 1 heterocycles. The van der Waals surface area contributed by atoms with Crippen LogP contribution in [0.25, 0.3) is 11.0 Å². The topological polar surface area (TPSA) is 39.4 Å². The third-order valence-corrected chi connectivity index (χ3v) is 3.68. The molecule has 0 saturated heterocycles. The molecule has 0 amide bonds. The average Bonchev–Trinajstić information content (AvgIpc) is 2.87. The van der Waals surface area contributed by atoms with Gasteiger partial charge in [-0.2, -0.15) is 0 Å². The SMILES string of the molecule is CCOC(CC)(CC)C(=O)c1cc2cc(F)ccc2o1. The van der Waals surface area contributed by atoms with E-state index in [1.807, 2.05) is 20.8 Å². The molecule has 1 aromatic carbocycles. The van der Waals surface area contributed by atoms with E-state index in [4.69, 9.17) is 9.15 Å². The van der Waals surface area contributed by atoms with Crippen molar-refractivity contribution in [3.05, 3.63) is 35.8 Å². The second-order valence-electron chi connectivity index (χ2n) is 4.76. The first-order chi connectivity index (χ1) is 9.56. The summed E-state index contributed by atoms with van der Waals surface area (Å²) in [5, 5.41) is 0.589. The van der Waals surface area contributed by atoms with Gasteiger partial charge >= 0.3 is 0 Å². The smallest absolute Gasteiger partial charge is 0.229 e. The van der Waals surface area contributed by atoms with Gasteiger partial charge in [0.15, 0.2) is 5.76 Å². The van der Waals surface area contributed by atoms with Crippen LogP contribution >= 0.6 is 0 Å². The van der Waals surface area contributed by atoms with Crippen LogP contribution in [0, 0.1) is 5.82 Å². The van der Waals surface area contributed by atoms with Crippen molar-refractivity contribution in [2.45, 2.75) is 39.2 Å². The molecule has 1 aromatic heterocycles. The maximum absolute atomic E-state index is 13.2. The van der Waals surface area contributed by atoms with Crippen molar-refractivity contribution in [1.29, 1.82) is 0 Å². The zero-order chi connectivity index (χ0) is 14.8. The number of carbonyl (C=O) groups is 1. The van der Waals surface area contributed by atoms with Crippen molar-refractivity contribution in [3.8, 4) is 0 Å². The van der Waals surface area contributed by atoms with Gasteiger partial charge in [0.1, 0.15) is 17.0 Å². The van der Waals surface area contributed by atoms with E-state index >= 15 is 0 Å². The summed E-state index contributed by atoms with van der Waals surface area (Å²) in [6.07, 6.45) is 1.14. The first-order valence-electron chi connectivity index (χ1n) is 6.94. The molecule has 2 rings (SSSR count). The third-order valence-electron chi connectivity index (χ3n) is 3.68. The highest BCUT2D eigenvalue weighted by Crippen LogP contribution is 2.29. The Morgan fingerprint density at radius 2 is 1.95 bits per heavy atom. The Hall–Kier alpha value is -1.68. The lowest BCUT2D eigenvalue weighted by atomic mass is 9.90. The summed E-state index contributed by atoms with van der Waals surface area (Å²) < 4.78 is 24.4. The van der Waals surface area contributed by atoms with Crippen LogP contribution in [0.4, 0.5) is 4.39 Å². The van der Waals surface area contributed by atoms with Crippen molar-refractivity contribution >= 4 is 16.8 Å². The van der Waals surface area contributed by atoms with Gasteiger partial charge in [-0.1, -0.05) is 13.8 Å². The van der Waals surface area contributed by atoms with E-state index in [2.05, 4.69) is 0 Å². The van der Waals surface area contributed by atoms with E-state index in [1.165, 1.54) is 18.2 Å². The molecule has 4 heteroatoms. The van der Waals surface area contributed by atoms with Crippen LogP contribution in [0.1, 0.15) is 44.2 Å². The molecule has 0 saturated carbocycles. The van der Waals surface area contributed by atoms with Gasteiger partial charge in [-0.15, -0.1) is 0 Å². The van der Waals surface area contributed by atoms with Crippen molar-refractivity contribution in [3.63, 3.8) is 0 Å².